The summed E-state index contributed by atoms with van der Waals surface area (Å²) in [6.45, 7) is 1.95. The van der Waals surface area contributed by atoms with Gasteiger partial charge in [-0.3, -0.25) is 4.79 Å². The molecule has 4 nitrogen and oxygen atoms in total. The van der Waals surface area contributed by atoms with Crippen molar-refractivity contribution in [2.45, 2.75) is 26.2 Å². The Hall–Kier alpha value is -1.71. The summed E-state index contributed by atoms with van der Waals surface area (Å²) in [4.78, 5) is 10.6. The molecule has 0 heterocycles. The van der Waals surface area contributed by atoms with Gasteiger partial charge in [0.05, 0.1) is 14.2 Å². The van der Waals surface area contributed by atoms with E-state index in [4.69, 9.17) is 14.6 Å². The van der Waals surface area contributed by atoms with E-state index in [1.165, 1.54) is 0 Å². The number of carboxylic acid groups (broad SMARTS) is 1. The Morgan fingerprint density at radius 3 is 2.50 bits per heavy atom. The first-order valence-electron chi connectivity index (χ1n) is 5.99. The van der Waals surface area contributed by atoms with Crippen LogP contribution >= 0.6 is 0 Å². The minimum atomic E-state index is -0.741. The average molecular weight is 252 g/mol. The summed E-state index contributed by atoms with van der Waals surface area (Å²) in [6.07, 6.45) is 1.91. The van der Waals surface area contributed by atoms with E-state index < -0.39 is 5.97 Å². The topological polar surface area (TPSA) is 55.8 Å². The Morgan fingerprint density at radius 2 is 1.94 bits per heavy atom. The summed E-state index contributed by atoms with van der Waals surface area (Å²) in [5.41, 5.74) is 1.13. The molecular weight excluding hydrogens is 232 g/mol. The molecule has 1 unspecified atom stereocenters. The molecule has 0 aliphatic rings. The van der Waals surface area contributed by atoms with Gasteiger partial charge >= 0.3 is 5.97 Å². The molecule has 0 spiro atoms. The number of aliphatic carboxylic acids is 1. The zero-order valence-electron chi connectivity index (χ0n) is 11.1. The van der Waals surface area contributed by atoms with E-state index >= 15 is 0 Å². The smallest absolute Gasteiger partial charge is 0.303 e. The Bertz CT molecular complexity index is 401. The molecule has 1 atom stereocenters. The molecule has 0 saturated heterocycles. The minimum absolute atomic E-state index is 0.176. The van der Waals surface area contributed by atoms with Crippen LogP contribution < -0.4 is 9.47 Å². The number of ether oxygens (including phenoxy) is 2. The lowest BCUT2D eigenvalue weighted by Gasteiger charge is -2.11. The Kier molecular flexibility index (Phi) is 5.49. The number of rotatable bonds is 7. The van der Waals surface area contributed by atoms with Gasteiger partial charge in [-0.15, -0.1) is 0 Å². The lowest BCUT2D eigenvalue weighted by molar-refractivity contribution is -0.138. The van der Waals surface area contributed by atoms with Gasteiger partial charge in [0, 0.05) is 6.42 Å². The van der Waals surface area contributed by atoms with Crippen molar-refractivity contribution in [1.29, 1.82) is 0 Å². The maximum absolute atomic E-state index is 10.6. The van der Waals surface area contributed by atoms with Crippen molar-refractivity contribution < 1.29 is 19.4 Å². The number of carboxylic acids is 1. The highest BCUT2D eigenvalue weighted by Gasteiger charge is 2.09. The fourth-order valence-electron chi connectivity index (χ4n) is 1.85. The maximum atomic E-state index is 10.6. The monoisotopic (exact) mass is 252 g/mol. The predicted octanol–water partition coefficient (Wildman–Crippen LogP) is 2.75. The number of methoxy groups -OCH3 is 2. The van der Waals surface area contributed by atoms with Gasteiger partial charge in [0.15, 0.2) is 11.5 Å². The molecule has 0 radical (unpaired) electrons. The van der Waals surface area contributed by atoms with Gasteiger partial charge in [0.2, 0.25) is 0 Å². The highest BCUT2D eigenvalue weighted by Crippen LogP contribution is 2.28. The second kappa shape index (κ2) is 6.89. The zero-order chi connectivity index (χ0) is 13.5. The van der Waals surface area contributed by atoms with Crippen molar-refractivity contribution in [2.75, 3.05) is 14.2 Å². The number of hydrogen-bond acceptors (Lipinski definition) is 3. The van der Waals surface area contributed by atoms with Gasteiger partial charge in [-0.25, -0.2) is 0 Å². The molecule has 0 amide bonds. The van der Waals surface area contributed by atoms with Crippen molar-refractivity contribution in [1.82, 2.24) is 0 Å². The molecule has 1 aromatic rings. The van der Waals surface area contributed by atoms with Crippen molar-refractivity contribution in [2.24, 2.45) is 5.92 Å². The Morgan fingerprint density at radius 1 is 1.28 bits per heavy atom. The van der Waals surface area contributed by atoms with E-state index in [9.17, 15) is 4.79 Å². The largest absolute Gasteiger partial charge is 0.493 e. The van der Waals surface area contributed by atoms with Crippen LogP contribution in [0.2, 0.25) is 0 Å². The van der Waals surface area contributed by atoms with Crippen molar-refractivity contribution in [3.63, 3.8) is 0 Å². The molecule has 0 saturated carbocycles. The van der Waals surface area contributed by atoms with E-state index in [1.807, 2.05) is 25.1 Å². The first-order chi connectivity index (χ1) is 8.56. The number of carbonyl (C=O) groups is 1. The zero-order valence-corrected chi connectivity index (χ0v) is 11.1. The lowest BCUT2D eigenvalue weighted by atomic mass is 9.98. The van der Waals surface area contributed by atoms with Crippen LogP contribution in [0.4, 0.5) is 0 Å². The van der Waals surface area contributed by atoms with Gasteiger partial charge in [-0.2, -0.15) is 0 Å². The molecule has 0 aromatic heterocycles. The second-order valence-corrected chi connectivity index (χ2v) is 4.43. The lowest BCUT2D eigenvalue weighted by Crippen LogP contribution is -2.05. The summed E-state index contributed by atoms with van der Waals surface area (Å²) in [7, 11) is 3.21. The fraction of sp³-hybridized carbons (Fsp3) is 0.500. The molecular formula is C14H20O4. The summed E-state index contributed by atoms with van der Waals surface area (Å²) < 4.78 is 10.4. The summed E-state index contributed by atoms with van der Waals surface area (Å²) in [6, 6.07) is 5.79. The van der Waals surface area contributed by atoms with Crippen LogP contribution in [0.5, 0.6) is 11.5 Å². The van der Waals surface area contributed by atoms with E-state index in [0.29, 0.717) is 11.5 Å². The Balaban J connectivity index is 2.60. The third kappa shape index (κ3) is 4.28. The molecule has 0 aliphatic heterocycles. The van der Waals surface area contributed by atoms with Crippen LogP contribution in [0.15, 0.2) is 18.2 Å². The van der Waals surface area contributed by atoms with Crippen LogP contribution in [-0.4, -0.2) is 25.3 Å². The van der Waals surface area contributed by atoms with Crippen molar-refractivity contribution in [3.05, 3.63) is 23.8 Å². The standard InChI is InChI=1S/C14H20O4/c1-10(8-14(15)16)4-5-11-6-7-12(17-2)13(9-11)18-3/h6-7,9-10H,4-5,8H2,1-3H3,(H,15,16). The first-order valence-corrected chi connectivity index (χ1v) is 5.99. The fourth-order valence-corrected chi connectivity index (χ4v) is 1.85. The summed E-state index contributed by atoms with van der Waals surface area (Å²) >= 11 is 0. The van der Waals surface area contributed by atoms with E-state index in [-0.39, 0.29) is 12.3 Å². The van der Waals surface area contributed by atoms with Crippen molar-refractivity contribution >= 4 is 5.97 Å². The quantitative estimate of drug-likeness (QED) is 0.810. The van der Waals surface area contributed by atoms with Gasteiger partial charge in [-0.1, -0.05) is 13.0 Å². The number of aryl methyl sites for hydroxylation is 1. The number of hydrogen-bond donors (Lipinski definition) is 1. The SMILES string of the molecule is COc1ccc(CCC(C)CC(=O)O)cc1OC. The first kappa shape index (κ1) is 14.4. The van der Waals surface area contributed by atoms with E-state index in [1.54, 1.807) is 14.2 Å². The summed E-state index contributed by atoms with van der Waals surface area (Å²) in [5, 5.41) is 8.70. The van der Waals surface area contributed by atoms with Gasteiger partial charge in [0.1, 0.15) is 0 Å². The molecule has 1 rings (SSSR count). The third-order valence-electron chi connectivity index (χ3n) is 2.90. The van der Waals surface area contributed by atoms with E-state index in [0.717, 1.165) is 18.4 Å². The number of benzene rings is 1. The molecule has 0 bridgehead atoms. The molecule has 4 heteroatoms. The van der Waals surface area contributed by atoms with Gasteiger partial charge < -0.3 is 14.6 Å². The van der Waals surface area contributed by atoms with Gasteiger partial charge in [0.25, 0.3) is 0 Å². The van der Waals surface area contributed by atoms with Crippen LogP contribution in [0.25, 0.3) is 0 Å². The summed E-state index contributed by atoms with van der Waals surface area (Å²) in [5.74, 6) is 0.853. The van der Waals surface area contributed by atoms with Crippen LogP contribution in [0.1, 0.15) is 25.3 Å². The van der Waals surface area contributed by atoms with Crippen LogP contribution in [0.3, 0.4) is 0 Å². The van der Waals surface area contributed by atoms with Crippen LogP contribution in [0, 0.1) is 5.92 Å². The molecule has 0 aliphatic carbocycles. The van der Waals surface area contributed by atoms with E-state index in [2.05, 4.69) is 0 Å². The van der Waals surface area contributed by atoms with Gasteiger partial charge in [-0.05, 0) is 36.5 Å². The predicted molar refractivity (Wildman–Crippen MR) is 69.3 cm³/mol. The molecule has 0 fully saturated rings. The molecule has 1 aromatic carbocycles. The second-order valence-electron chi connectivity index (χ2n) is 4.43. The molecule has 100 valence electrons. The average Bonchev–Trinajstić information content (AvgIpc) is 2.35. The normalized spacial score (nSPS) is 11.9. The highest BCUT2D eigenvalue weighted by molar-refractivity contribution is 5.66. The van der Waals surface area contributed by atoms with Crippen molar-refractivity contribution in [3.8, 4) is 11.5 Å². The molecule has 18 heavy (non-hydrogen) atoms. The third-order valence-corrected chi connectivity index (χ3v) is 2.90. The molecule has 1 N–H and O–H groups in total. The Labute approximate surface area is 108 Å². The minimum Gasteiger partial charge on any atom is -0.493 e. The maximum Gasteiger partial charge on any atom is 0.303 e. The van der Waals surface area contributed by atoms with Crippen LogP contribution in [-0.2, 0) is 11.2 Å². The highest BCUT2D eigenvalue weighted by atomic mass is 16.5.